The molecule has 0 aliphatic rings. The van der Waals surface area contributed by atoms with Gasteiger partial charge in [0.25, 0.3) is 0 Å². The van der Waals surface area contributed by atoms with Crippen LogP contribution in [0.1, 0.15) is 153 Å². The Hall–Kier alpha value is -0.390. The molecule has 0 saturated heterocycles. The quantitative estimate of drug-likeness (QED) is 0.0788. The van der Waals surface area contributed by atoms with Gasteiger partial charge in [0.1, 0.15) is 10.1 Å². The Kier molecular flexibility index (Phi) is 20.9. The molecule has 0 fully saturated rings. The molecule has 0 amide bonds. The fourth-order valence-electron chi connectivity index (χ4n) is 5.72. The van der Waals surface area contributed by atoms with Gasteiger partial charge in [-0.2, -0.15) is 0 Å². The van der Waals surface area contributed by atoms with Gasteiger partial charge in [-0.15, -0.1) is 0 Å². The van der Waals surface area contributed by atoms with Gasteiger partial charge in [0.2, 0.25) is 0 Å². The molecule has 0 spiro atoms. The van der Waals surface area contributed by atoms with Crippen molar-refractivity contribution >= 4 is 20.9 Å². The smallest absolute Gasteiger partial charge is 0.744 e. The zero-order valence-electron chi connectivity index (χ0n) is 25.6. The average molecular weight is 567 g/mol. The molecule has 39 heavy (non-hydrogen) atoms. The predicted octanol–water partition coefficient (Wildman–Crippen LogP) is 7.67. The molecule has 0 bridgehead atoms. The summed E-state index contributed by atoms with van der Waals surface area (Å²) in [7, 11) is -4.50. The third-order valence-corrected chi connectivity index (χ3v) is 8.85. The molecule has 0 aliphatic heterocycles. The number of rotatable bonds is 23. The standard InChI is InChI=1S/C34H56O3S.Na/c1-3-5-7-9-11-13-15-17-19-21-24-30-28-31(25-22-20-18-16-14-12-10-8-6-4-2)34-32(29-30)26-23-27-33(34)38(35,36)37;/h23,26-29H,3-22,24-25H2,1-2H3,(H,35,36,37);/q;+1/p-1. The molecule has 0 aromatic heterocycles. The summed E-state index contributed by atoms with van der Waals surface area (Å²) in [5.74, 6) is 0. The summed E-state index contributed by atoms with van der Waals surface area (Å²) in [6, 6.07) is 9.46. The van der Waals surface area contributed by atoms with Crippen LogP contribution in [0.15, 0.2) is 35.2 Å². The first-order valence-electron chi connectivity index (χ1n) is 16.0. The maximum Gasteiger partial charge on any atom is 1.00 e. The Morgan fingerprint density at radius 1 is 0.590 bits per heavy atom. The average Bonchev–Trinajstić information content (AvgIpc) is 2.89. The van der Waals surface area contributed by atoms with E-state index in [4.69, 9.17) is 0 Å². The van der Waals surface area contributed by atoms with Crippen LogP contribution >= 0.6 is 0 Å². The molecular formula is C34H55NaO3S. The number of aryl methyl sites for hydroxylation is 2. The van der Waals surface area contributed by atoms with Crippen LogP contribution in [0.3, 0.4) is 0 Å². The van der Waals surface area contributed by atoms with Crippen molar-refractivity contribution in [3.05, 3.63) is 41.5 Å². The molecule has 0 N–H and O–H groups in total. The second-order valence-electron chi connectivity index (χ2n) is 11.4. The largest absolute Gasteiger partial charge is 1.00 e. The second-order valence-corrected chi connectivity index (χ2v) is 12.8. The molecular weight excluding hydrogens is 511 g/mol. The van der Waals surface area contributed by atoms with E-state index in [1.165, 1.54) is 127 Å². The topological polar surface area (TPSA) is 57.2 Å². The normalized spacial score (nSPS) is 11.7. The third-order valence-electron chi connectivity index (χ3n) is 7.97. The van der Waals surface area contributed by atoms with Gasteiger partial charge in [0, 0.05) is 5.39 Å². The number of fused-ring (bicyclic) bond motifs is 1. The fourth-order valence-corrected chi connectivity index (χ4v) is 6.46. The van der Waals surface area contributed by atoms with E-state index >= 15 is 0 Å². The van der Waals surface area contributed by atoms with Gasteiger partial charge in [-0.3, -0.25) is 0 Å². The summed E-state index contributed by atoms with van der Waals surface area (Å²) in [4.78, 5) is -0.0532. The van der Waals surface area contributed by atoms with Crippen LogP contribution in [0.4, 0.5) is 0 Å². The molecule has 5 heteroatoms. The maximum absolute atomic E-state index is 12.0. The fraction of sp³-hybridized carbons (Fsp3) is 0.706. The first-order chi connectivity index (χ1) is 18.5. The molecule has 216 valence electrons. The molecule has 2 aromatic carbocycles. The number of benzene rings is 2. The van der Waals surface area contributed by atoms with Gasteiger partial charge < -0.3 is 4.55 Å². The summed E-state index contributed by atoms with van der Waals surface area (Å²) < 4.78 is 36.1. The first kappa shape index (κ1) is 36.6. The molecule has 3 nitrogen and oxygen atoms in total. The Morgan fingerprint density at radius 2 is 1.03 bits per heavy atom. The number of hydrogen-bond donors (Lipinski definition) is 0. The molecule has 0 heterocycles. The Morgan fingerprint density at radius 3 is 1.49 bits per heavy atom. The summed E-state index contributed by atoms with van der Waals surface area (Å²) in [5.41, 5.74) is 2.32. The number of unbranched alkanes of at least 4 members (excludes halogenated alkanes) is 18. The van der Waals surface area contributed by atoms with E-state index in [2.05, 4.69) is 26.0 Å². The van der Waals surface area contributed by atoms with Crippen LogP contribution in [0.25, 0.3) is 10.8 Å². The minimum Gasteiger partial charge on any atom is -0.744 e. The van der Waals surface area contributed by atoms with E-state index in [1.54, 1.807) is 6.07 Å². The minimum atomic E-state index is -4.50. The summed E-state index contributed by atoms with van der Waals surface area (Å²) in [6.45, 7) is 4.52. The summed E-state index contributed by atoms with van der Waals surface area (Å²) in [5, 5.41) is 1.55. The molecule has 0 unspecified atom stereocenters. The van der Waals surface area contributed by atoms with E-state index in [0.29, 0.717) is 5.39 Å². The Bertz CT molecular complexity index is 1000. The van der Waals surface area contributed by atoms with Crippen LogP contribution in [0.5, 0.6) is 0 Å². The minimum absolute atomic E-state index is 0. The van der Waals surface area contributed by atoms with E-state index in [-0.39, 0.29) is 34.5 Å². The van der Waals surface area contributed by atoms with Crippen molar-refractivity contribution in [3.63, 3.8) is 0 Å². The van der Waals surface area contributed by atoms with E-state index in [9.17, 15) is 13.0 Å². The van der Waals surface area contributed by atoms with E-state index in [1.807, 2.05) is 6.07 Å². The van der Waals surface area contributed by atoms with Gasteiger partial charge in [0.15, 0.2) is 0 Å². The van der Waals surface area contributed by atoms with Crippen LogP contribution in [-0.2, 0) is 23.0 Å². The van der Waals surface area contributed by atoms with Crippen molar-refractivity contribution in [2.24, 2.45) is 0 Å². The Balaban J connectivity index is 0.00000760. The van der Waals surface area contributed by atoms with E-state index < -0.39 is 10.1 Å². The van der Waals surface area contributed by atoms with Gasteiger partial charge in [0.05, 0.1) is 4.90 Å². The maximum atomic E-state index is 12.0. The van der Waals surface area contributed by atoms with Crippen molar-refractivity contribution < 1.29 is 42.5 Å². The number of hydrogen-bond acceptors (Lipinski definition) is 3. The van der Waals surface area contributed by atoms with Gasteiger partial charge >= 0.3 is 29.6 Å². The van der Waals surface area contributed by atoms with Crippen molar-refractivity contribution in [1.82, 2.24) is 0 Å². The van der Waals surface area contributed by atoms with E-state index in [0.717, 1.165) is 36.6 Å². The van der Waals surface area contributed by atoms with Crippen LogP contribution in [0, 0.1) is 0 Å². The Labute approximate surface area is 263 Å². The third kappa shape index (κ3) is 15.4. The van der Waals surface area contributed by atoms with Crippen molar-refractivity contribution in [1.29, 1.82) is 0 Å². The first-order valence-corrected chi connectivity index (χ1v) is 17.4. The van der Waals surface area contributed by atoms with Crippen molar-refractivity contribution in [3.8, 4) is 0 Å². The van der Waals surface area contributed by atoms with Gasteiger partial charge in [-0.25, -0.2) is 8.42 Å². The zero-order chi connectivity index (χ0) is 27.5. The zero-order valence-corrected chi connectivity index (χ0v) is 28.4. The van der Waals surface area contributed by atoms with Gasteiger partial charge in [-0.05, 0) is 48.3 Å². The summed E-state index contributed by atoms with van der Waals surface area (Å²) in [6.07, 6.45) is 27.8. The molecule has 2 aromatic rings. The molecule has 0 aliphatic carbocycles. The predicted molar refractivity (Wildman–Crippen MR) is 163 cm³/mol. The van der Waals surface area contributed by atoms with Crippen molar-refractivity contribution in [2.45, 2.75) is 160 Å². The monoisotopic (exact) mass is 566 g/mol. The van der Waals surface area contributed by atoms with Crippen LogP contribution in [-0.4, -0.2) is 13.0 Å². The second kappa shape index (κ2) is 22.2. The van der Waals surface area contributed by atoms with Crippen LogP contribution < -0.4 is 29.6 Å². The SMILES string of the molecule is CCCCCCCCCCCCc1cc(CCCCCCCCCCCC)c2c(S(=O)(=O)[O-])cccc2c1.[Na+]. The molecule has 0 saturated carbocycles. The van der Waals surface area contributed by atoms with Gasteiger partial charge in [-0.1, -0.05) is 154 Å². The van der Waals surface area contributed by atoms with Crippen LogP contribution in [0.2, 0.25) is 0 Å². The molecule has 0 radical (unpaired) electrons. The molecule has 0 atom stereocenters. The molecule has 2 rings (SSSR count). The van der Waals surface area contributed by atoms with Crippen molar-refractivity contribution in [2.75, 3.05) is 0 Å². The summed E-state index contributed by atoms with van der Waals surface area (Å²) >= 11 is 0.